The van der Waals surface area contributed by atoms with Crippen LogP contribution in [0.3, 0.4) is 0 Å². The number of aliphatic hydroxyl groups excluding tert-OH is 1. The number of amides is 1. The predicted molar refractivity (Wildman–Crippen MR) is 79.9 cm³/mol. The minimum Gasteiger partial charge on any atom is -0.452 e. The molecule has 3 atom stereocenters. The van der Waals surface area contributed by atoms with Gasteiger partial charge in [-0.15, -0.1) is 0 Å². The Morgan fingerprint density at radius 1 is 1.18 bits per heavy atom. The van der Waals surface area contributed by atoms with Crippen LogP contribution in [-0.2, 0) is 19.1 Å². The number of ether oxygens (including phenoxy) is 1. The Balaban J connectivity index is 3.03. The number of benzene rings is 1. The van der Waals surface area contributed by atoms with Crippen molar-refractivity contribution in [1.29, 1.82) is 0 Å². The molecule has 0 heterocycles. The van der Waals surface area contributed by atoms with Gasteiger partial charge in [0.15, 0.2) is 11.9 Å². The molecule has 0 radical (unpaired) electrons. The zero-order valence-corrected chi connectivity index (χ0v) is 12.9. The van der Waals surface area contributed by atoms with Crippen LogP contribution in [0.15, 0.2) is 30.3 Å². The number of hydrogen-bond acceptors (Lipinski definition) is 5. The van der Waals surface area contributed by atoms with Crippen LogP contribution in [0.1, 0.15) is 38.8 Å². The van der Waals surface area contributed by atoms with Crippen LogP contribution in [-0.4, -0.2) is 35.0 Å². The van der Waals surface area contributed by atoms with E-state index < -0.39 is 24.2 Å². The van der Waals surface area contributed by atoms with Crippen LogP contribution in [0.5, 0.6) is 0 Å². The molecule has 1 unspecified atom stereocenters. The van der Waals surface area contributed by atoms with E-state index in [9.17, 15) is 19.5 Å². The second kappa shape index (κ2) is 8.29. The van der Waals surface area contributed by atoms with Crippen LogP contribution in [0, 0.1) is 0 Å². The summed E-state index contributed by atoms with van der Waals surface area (Å²) in [6.07, 6.45) is -2.22. The van der Waals surface area contributed by atoms with Crippen molar-refractivity contribution in [2.45, 2.75) is 45.4 Å². The third-order valence-electron chi connectivity index (χ3n) is 2.94. The summed E-state index contributed by atoms with van der Waals surface area (Å²) in [6, 6.07) is 8.03. The second-order valence-electron chi connectivity index (χ2n) is 5.16. The molecule has 0 fully saturated rings. The molecule has 120 valence electrons. The highest BCUT2D eigenvalue weighted by Gasteiger charge is 2.31. The normalized spacial score (nSPS) is 14.5. The first-order chi connectivity index (χ1) is 10.3. The van der Waals surface area contributed by atoms with Crippen LogP contribution in [0.2, 0.25) is 0 Å². The Kier molecular flexibility index (Phi) is 6.72. The summed E-state index contributed by atoms with van der Waals surface area (Å²) in [6.45, 7) is 4.06. The van der Waals surface area contributed by atoms with E-state index in [2.05, 4.69) is 5.32 Å². The summed E-state index contributed by atoms with van der Waals surface area (Å²) >= 11 is 0. The minimum atomic E-state index is -1.14. The molecule has 0 bridgehead atoms. The average Bonchev–Trinajstić information content (AvgIpc) is 2.42. The first kappa shape index (κ1) is 17.8. The Hall–Kier alpha value is -2.21. The fraction of sp³-hybridized carbons (Fsp3) is 0.438. The summed E-state index contributed by atoms with van der Waals surface area (Å²) in [5.41, 5.74) is 0.655. The second-order valence-corrected chi connectivity index (χ2v) is 5.16. The van der Waals surface area contributed by atoms with Crippen molar-refractivity contribution in [2.24, 2.45) is 0 Å². The third kappa shape index (κ3) is 5.65. The van der Waals surface area contributed by atoms with E-state index in [1.807, 2.05) is 0 Å². The van der Waals surface area contributed by atoms with Gasteiger partial charge in [0.2, 0.25) is 5.91 Å². The minimum absolute atomic E-state index is 0.217. The molecule has 0 aromatic heterocycles. The van der Waals surface area contributed by atoms with Crippen molar-refractivity contribution >= 4 is 17.7 Å². The molecule has 1 aromatic rings. The van der Waals surface area contributed by atoms with Crippen molar-refractivity contribution in [3.63, 3.8) is 0 Å². The Morgan fingerprint density at radius 2 is 1.77 bits per heavy atom. The molecular weight excluding hydrogens is 286 g/mol. The van der Waals surface area contributed by atoms with Gasteiger partial charge in [0, 0.05) is 6.92 Å². The third-order valence-corrected chi connectivity index (χ3v) is 2.94. The maximum atomic E-state index is 11.9. The Labute approximate surface area is 129 Å². The maximum Gasteiger partial charge on any atom is 0.309 e. The lowest BCUT2D eigenvalue weighted by Crippen LogP contribution is -2.41. The van der Waals surface area contributed by atoms with E-state index in [1.54, 1.807) is 30.3 Å². The summed E-state index contributed by atoms with van der Waals surface area (Å²) in [7, 11) is 0. The quantitative estimate of drug-likeness (QED) is 0.737. The Morgan fingerprint density at radius 3 is 2.23 bits per heavy atom. The zero-order chi connectivity index (χ0) is 16.7. The number of carbonyl (C=O) groups excluding carboxylic acids is 3. The number of esters is 1. The number of nitrogens with one attached hydrogen (secondary N) is 1. The van der Waals surface area contributed by atoms with E-state index in [0.717, 1.165) is 0 Å². The number of rotatable bonds is 7. The summed E-state index contributed by atoms with van der Waals surface area (Å²) in [4.78, 5) is 35.0. The summed E-state index contributed by atoms with van der Waals surface area (Å²) in [5.74, 6) is -1.42. The van der Waals surface area contributed by atoms with Crippen molar-refractivity contribution in [1.82, 2.24) is 5.32 Å². The molecule has 0 saturated heterocycles. The largest absolute Gasteiger partial charge is 0.452 e. The number of aliphatic hydroxyl groups is 1. The average molecular weight is 307 g/mol. The van der Waals surface area contributed by atoms with Crippen LogP contribution in [0.4, 0.5) is 0 Å². The molecule has 6 heteroatoms. The van der Waals surface area contributed by atoms with Crippen LogP contribution in [0.25, 0.3) is 0 Å². The molecule has 2 N–H and O–H groups in total. The van der Waals surface area contributed by atoms with E-state index >= 15 is 0 Å². The molecule has 1 aromatic carbocycles. The summed E-state index contributed by atoms with van der Waals surface area (Å²) in [5, 5.41) is 11.9. The molecule has 0 aliphatic carbocycles. The highest BCUT2D eigenvalue weighted by Crippen LogP contribution is 2.21. The van der Waals surface area contributed by atoms with Crippen molar-refractivity contribution in [3.05, 3.63) is 35.9 Å². The number of Topliss-reactive ketones (excluding diaryl/α,β-unsaturated/α-hetero) is 1. The number of ketones is 1. The standard InChI is InChI=1S/C16H21NO5/c1-10(18)9-14(21)22-16(11(2)19)15(17-12(3)20)13-7-5-4-6-8-13/h4-8,10,15-16,18H,9H2,1-3H3,(H,17,20)/t10?,15-,16-/m0/s1. The molecule has 0 aliphatic rings. The van der Waals surface area contributed by atoms with Crippen LogP contribution >= 0.6 is 0 Å². The molecule has 6 nitrogen and oxygen atoms in total. The first-order valence-electron chi connectivity index (χ1n) is 7.01. The van der Waals surface area contributed by atoms with Gasteiger partial charge in [-0.25, -0.2) is 0 Å². The summed E-state index contributed by atoms with van der Waals surface area (Å²) < 4.78 is 5.18. The monoisotopic (exact) mass is 307 g/mol. The van der Waals surface area contributed by atoms with Gasteiger partial charge in [0.05, 0.1) is 18.6 Å². The van der Waals surface area contributed by atoms with E-state index in [-0.39, 0.29) is 18.1 Å². The fourth-order valence-electron chi connectivity index (χ4n) is 2.03. The van der Waals surface area contributed by atoms with E-state index in [4.69, 9.17) is 4.74 Å². The number of carbonyl (C=O) groups is 3. The zero-order valence-electron chi connectivity index (χ0n) is 12.9. The van der Waals surface area contributed by atoms with Gasteiger partial charge in [0.1, 0.15) is 0 Å². The van der Waals surface area contributed by atoms with Gasteiger partial charge in [-0.1, -0.05) is 30.3 Å². The number of hydrogen-bond donors (Lipinski definition) is 2. The lowest BCUT2D eigenvalue weighted by Gasteiger charge is -2.26. The fourth-order valence-corrected chi connectivity index (χ4v) is 2.03. The Bertz CT molecular complexity index is 527. The van der Waals surface area contributed by atoms with Gasteiger partial charge < -0.3 is 15.2 Å². The van der Waals surface area contributed by atoms with Gasteiger partial charge in [0.25, 0.3) is 0 Å². The molecule has 0 saturated carbocycles. The van der Waals surface area contributed by atoms with Gasteiger partial charge in [-0.3, -0.25) is 14.4 Å². The topological polar surface area (TPSA) is 92.7 Å². The molecule has 0 aliphatic heterocycles. The lowest BCUT2D eigenvalue weighted by molar-refractivity contribution is -0.158. The maximum absolute atomic E-state index is 11.9. The smallest absolute Gasteiger partial charge is 0.309 e. The van der Waals surface area contributed by atoms with Crippen molar-refractivity contribution in [3.8, 4) is 0 Å². The lowest BCUT2D eigenvalue weighted by atomic mass is 9.98. The van der Waals surface area contributed by atoms with Crippen molar-refractivity contribution < 1.29 is 24.2 Å². The predicted octanol–water partition coefficient (Wildman–Crippen LogP) is 1.14. The molecule has 22 heavy (non-hydrogen) atoms. The van der Waals surface area contributed by atoms with Crippen LogP contribution < -0.4 is 5.32 Å². The van der Waals surface area contributed by atoms with Gasteiger partial charge >= 0.3 is 5.97 Å². The highest BCUT2D eigenvalue weighted by molar-refractivity contribution is 5.85. The SMILES string of the molecule is CC(=O)N[C@@H](c1ccccc1)[C@@H](OC(=O)CC(C)O)C(C)=O. The van der Waals surface area contributed by atoms with E-state index in [0.29, 0.717) is 5.56 Å². The van der Waals surface area contributed by atoms with E-state index in [1.165, 1.54) is 20.8 Å². The van der Waals surface area contributed by atoms with Gasteiger partial charge in [-0.05, 0) is 19.4 Å². The van der Waals surface area contributed by atoms with Crippen molar-refractivity contribution in [2.75, 3.05) is 0 Å². The first-order valence-corrected chi connectivity index (χ1v) is 7.01. The molecule has 1 rings (SSSR count). The highest BCUT2D eigenvalue weighted by atomic mass is 16.5. The molecular formula is C16H21NO5. The molecule has 0 spiro atoms. The van der Waals surface area contributed by atoms with Gasteiger partial charge in [-0.2, -0.15) is 0 Å². The molecule has 1 amide bonds.